The monoisotopic (exact) mass is 324 g/mol. The van der Waals surface area contributed by atoms with E-state index in [9.17, 15) is 9.59 Å². The molecule has 2 amide bonds. The van der Waals surface area contributed by atoms with Gasteiger partial charge in [0.15, 0.2) is 5.76 Å². The quantitative estimate of drug-likeness (QED) is 0.855. The lowest BCUT2D eigenvalue weighted by molar-refractivity contribution is 0.0925. The Labute approximate surface area is 140 Å². The van der Waals surface area contributed by atoms with Crippen molar-refractivity contribution < 1.29 is 14.0 Å². The minimum Gasteiger partial charge on any atom is -0.459 e. The fourth-order valence-electron chi connectivity index (χ4n) is 3.10. The molecule has 0 bridgehead atoms. The van der Waals surface area contributed by atoms with Gasteiger partial charge >= 0.3 is 0 Å². The highest BCUT2D eigenvalue weighted by molar-refractivity contribution is 6.03. The van der Waals surface area contributed by atoms with Crippen LogP contribution in [0.5, 0.6) is 0 Å². The predicted octanol–water partition coefficient (Wildman–Crippen LogP) is 3.45. The number of anilines is 1. The molecule has 124 valence electrons. The van der Waals surface area contributed by atoms with E-state index in [1.165, 1.54) is 31.9 Å². The maximum atomic E-state index is 12.5. The lowest BCUT2D eigenvalue weighted by Crippen LogP contribution is -2.38. The Hall–Kier alpha value is -2.56. The van der Waals surface area contributed by atoms with Gasteiger partial charge in [0.05, 0.1) is 6.26 Å². The molecular weight excluding hydrogens is 304 g/mol. The smallest absolute Gasteiger partial charge is 0.291 e. The van der Waals surface area contributed by atoms with E-state index in [1.54, 1.807) is 36.4 Å². The van der Waals surface area contributed by atoms with Crippen molar-refractivity contribution >= 4 is 17.5 Å². The number of carbonyl (C=O) groups is 2. The van der Waals surface area contributed by atoms with Gasteiger partial charge in [-0.25, -0.2) is 0 Å². The average Bonchev–Trinajstić information content (AvgIpc) is 3.52. The summed E-state index contributed by atoms with van der Waals surface area (Å²) in [5.41, 5.74) is 1.15. The van der Waals surface area contributed by atoms with Gasteiger partial charge in [-0.05, 0) is 67.9 Å². The van der Waals surface area contributed by atoms with Crippen molar-refractivity contribution in [3.05, 3.63) is 54.0 Å². The standard InChI is InChI=1S/C19H20N2O3/c22-18(21-17(12-6-7-12)13-8-9-13)14-3-1-4-15(11-14)20-19(23)16-5-2-10-24-16/h1-5,10-13,17H,6-9H2,(H,20,23)(H,21,22). The molecule has 0 aliphatic heterocycles. The van der Waals surface area contributed by atoms with Crippen molar-refractivity contribution in [3.8, 4) is 0 Å². The minimum absolute atomic E-state index is 0.0621. The van der Waals surface area contributed by atoms with Crippen LogP contribution in [0.4, 0.5) is 5.69 Å². The van der Waals surface area contributed by atoms with Crippen molar-refractivity contribution in [2.75, 3.05) is 5.32 Å². The molecule has 5 nitrogen and oxygen atoms in total. The summed E-state index contributed by atoms with van der Waals surface area (Å²) in [5, 5.41) is 5.95. The van der Waals surface area contributed by atoms with E-state index in [4.69, 9.17) is 4.42 Å². The normalized spacial score (nSPS) is 16.9. The van der Waals surface area contributed by atoms with Crippen molar-refractivity contribution in [2.24, 2.45) is 11.8 Å². The maximum Gasteiger partial charge on any atom is 0.291 e. The van der Waals surface area contributed by atoms with Crippen LogP contribution < -0.4 is 10.6 Å². The van der Waals surface area contributed by atoms with Gasteiger partial charge in [0.1, 0.15) is 0 Å². The Balaban J connectivity index is 1.43. The summed E-state index contributed by atoms with van der Waals surface area (Å²) >= 11 is 0. The minimum atomic E-state index is -0.327. The molecule has 2 saturated carbocycles. The van der Waals surface area contributed by atoms with Gasteiger partial charge in [-0.2, -0.15) is 0 Å². The van der Waals surface area contributed by atoms with Gasteiger partial charge in [0.2, 0.25) is 0 Å². The average molecular weight is 324 g/mol. The molecule has 24 heavy (non-hydrogen) atoms. The third kappa shape index (κ3) is 3.35. The molecule has 2 aliphatic rings. The molecule has 5 heteroatoms. The highest BCUT2D eigenvalue weighted by Gasteiger charge is 2.42. The molecule has 2 N–H and O–H groups in total. The molecule has 0 radical (unpaired) electrons. The predicted molar refractivity (Wildman–Crippen MR) is 89.8 cm³/mol. The molecule has 0 saturated heterocycles. The van der Waals surface area contributed by atoms with E-state index in [0.29, 0.717) is 29.1 Å². The van der Waals surface area contributed by atoms with Gasteiger partial charge in [-0.1, -0.05) is 6.07 Å². The van der Waals surface area contributed by atoms with Crippen LogP contribution in [-0.2, 0) is 0 Å². The third-order valence-electron chi connectivity index (χ3n) is 4.69. The first-order valence-corrected chi connectivity index (χ1v) is 8.46. The number of nitrogens with one attached hydrogen (secondary N) is 2. The molecule has 2 aliphatic carbocycles. The Morgan fingerprint density at radius 2 is 1.75 bits per heavy atom. The van der Waals surface area contributed by atoms with E-state index in [2.05, 4.69) is 10.6 Å². The topological polar surface area (TPSA) is 71.3 Å². The van der Waals surface area contributed by atoms with E-state index in [0.717, 1.165) is 0 Å². The molecule has 1 aromatic carbocycles. The highest BCUT2D eigenvalue weighted by atomic mass is 16.3. The van der Waals surface area contributed by atoms with Crippen molar-refractivity contribution in [1.29, 1.82) is 0 Å². The lowest BCUT2D eigenvalue weighted by atomic mass is 10.1. The van der Waals surface area contributed by atoms with Gasteiger partial charge in [0.25, 0.3) is 11.8 Å². The summed E-state index contributed by atoms with van der Waals surface area (Å²) in [6.45, 7) is 0. The van der Waals surface area contributed by atoms with Crippen LogP contribution in [-0.4, -0.2) is 17.9 Å². The molecule has 0 spiro atoms. The molecule has 0 unspecified atom stereocenters. The van der Waals surface area contributed by atoms with Gasteiger partial charge < -0.3 is 15.1 Å². The zero-order chi connectivity index (χ0) is 16.5. The summed E-state index contributed by atoms with van der Waals surface area (Å²) in [7, 11) is 0. The summed E-state index contributed by atoms with van der Waals surface area (Å²) in [4.78, 5) is 24.6. The van der Waals surface area contributed by atoms with Crippen LogP contribution in [0.25, 0.3) is 0 Å². The molecule has 2 aromatic rings. The molecule has 2 fully saturated rings. The first-order valence-electron chi connectivity index (χ1n) is 8.46. The molecule has 4 rings (SSSR count). The van der Waals surface area contributed by atoms with Crippen molar-refractivity contribution in [1.82, 2.24) is 5.32 Å². The largest absolute Gasteiger partial charge is 0.459 e. The Bertz CT molecular complexity index is 734. The van der Waals surface area contributed by atoms with E-state index in [-0.39, 0.29) is 17.6 Å². The zero-order valence-electron chi connectivity index (χ0n) is 13.3. The van der Waals surface area contributed by atoms with E-state index >= 15 is 0 Å². The summed E-state index contributed by atoms with van der Waals surface area (Å²) < 4.78 is 5.07. The lowest BCUT2D eigenvalue weighted by Gasteiger charge is -2.18. The summed E-state index contributed by atoms with van der Waals surface area (Å²) in [5.74, 6) is 1.17. The third-order valence-corrected chi connectivity index (χ3v) is 4.69. The Morgan fingerprint density at radius 1 is 1.00 bits per heavy atom. The second-order valence-corrected chi connectivity index (χ2v) is 6.69. The van der Waals surface area contributed by atoms with Crippen LogP contribution in [0.3, 0.4) is 0 Å². The first-order chi connectivity index (χ1) is 11.7. The number of hydrogen-bond acceptors (Lipinski definition) is 3. The summed E-state index contributed by atoms with van der Waals surface area (Å²) in [6.07, 6.45) is 6.34. The number of carbonyl (C=O) groups excluding carboxylic acids is 2. The second-order valence-electron chi connectivity index (χ2n) is 6.69. The maximum absolute atomic E-state index is 12.5. The molecule has 1 aromatic heterocycles. The zero-order valence-corrected chi connectivity index (χ0v) is 13.3. The van der Waals surface area contributed by atoms with Gasteiger partial charge in [0, 0.05) is 17.3 Å². The van der Waals surface area contributed by atoms with Crippen LogP contribution in [0, 0.1) is 11.8 Å². The SMILES string of the molecule is O=C(NC(C1CC1)C1CC1)c1cccc(NC(=O)c2ccco2)c1. The van der Waals surface area contributed by atoms with Gasteiger partial charge in [-0.15, -0.1) is 0 Å². The number of furan rings is 1. The number of hydrogen-bond donors (Lipinski definition) is 2. The van der Waals surface area contributed by atoms with Crippen LogP contribution in [0.2, 0.25) is 0 Å². The van der Waals surface area contributed by atoms with Crippen LogP contribution in [0.1, 0.15) is 46.6 Å². The number of rotatable bonds is 6. The molecule has 1 heterocycles. The van der Waals surface area contributed by atoms with Crippen molar-refractivity contribution in [3.63, 3.8) is 0 Å². The molecular formula is C19H20N2O3. The Kier molecular flexibility index (Phi) is 3.84. The molecule has 0 atom stereocenters. The van der Waals surface area contributed by atoms with Crippen molar-refractivity contribution in [2.45, 2.75) is 31.7 Å². The highest BCUT2D eigenvalue weighted by Crippen LogP contribution is 2.44. The van der Waals surface area contributed by atoms with Gasteiger partial charge in [-0.3, -0.25) is 9.59 Å². The fourth-order valence-corrected chi connectivity index (χ4v) is 3.10. The van der Waals surface area contributed by atoms with E-state index < -0.39 is 0 Å². The Morgan fingerprint density at radius 3 is 2.38 bits per heavy atom. The first kappa shape index (κ1) is 15.0. The number of amides is 2. The fraction of sp³-hybridized carbons (Fsp3) is 0.368. The number of benzene rings is 1. The van der Waals surface area contributed by atoms with Crippen LogP contribution >= 0.6 is 0 Å². The summed E-state index contributed by atoms with van der Waals surface area (Å²) in [6, 6.07) is 10.6. The van der Waals surface area contributed by atoms with E-state index in [1.807, 2.05) is 0 Å². The van der Waals surface area contributed by atoms with Crippen LogP contribution in [0.15, 0.2) is 47.1 Å². The second kappa shape index (κ2) is 6.15.